The van der Waals surface area contributed by atoms with Crippen LogP contribution in [0.5, 0.6) is 0 Å². The van der Waals surface area contributed by atoms with Gasteiger partial charge in [0.15, 0.2) is 14.9 Å². The van der Waals surface area contributed by atoms with Gasteiger partial charge in [0.2, 0.25) is 0 Å². The molecule has 0 saturated carbocycles. The topological polar surface area (TPSA) is 47.0 Å². The monoisotopic (exact) mass is 353 g/mol. The molecule has 1 aromatic carbocycles. The van der Waals surface area contributed by atoms with Crippen molar-refractivity contribution in [1.82, 2.24) is 4.98 Å². The minimum Gasteiger partial charge on any atom is -0.244 e. The molecule has 1 aliphatic carbocycles. The summed E-state index contributed by atoms with van der Waals surface area (Å²) in [4.78, 5) is 3.86. The Morgan fingerprint density at radius 2 is 1.50 bits per heavy atom. The molecule has 3 rings (SSSR count). The number of nitrogens with zero attached hydrogens (tertiary/aromatic N) is 1. The van der Waals surface area contributed by atoms with E-state index in [9.17, 15) is 21.6 Å². The summed E-state index contributed by atoms with van der Waals surface area (Å²) in [5, 5.41) is -0.111. The molecule has 0 unspecified atom stereocenters. The summed E-state index contributed by atoms with van der Waals surface area (Å²) in [5.74, 6) is -3.33. The number of halogens is 3. The molecular formula is C17H14F3NO2S. The fourth-order valence-electron chi connectivity index (χ4n) is 2.77. The first-order chi connectivity index (χ1) is 11.2. The van der Waals surface area contributed by atoms with Gasteiger partial charge in [-0.25, -0.2) is 26.6 Å². The van der Waals surface area contributed by atoms with Gasteiger partial charge in [-0.15, -0.1) is 0 Å². The molecule has 1 aliphatic rings. The molecule has 0 radical (unpaired) electrons. The molecule has 1 aromatic heterocycles. The Labute approximate surface area is 137 Å². The van der Waals surface area contributed by atoms with Crippen LogP contribution in [0.4, 0.5) is 13.2 Å². The van der Waals surface area contributed by atoms with Gasteiger partial charge < -0.3 is 0 Å². The van der Waals surface area contributed by atoms with E-state index in [-0.39, 0.29) is 5.03 Å². The number of hydrogen-bond acceptors (Lipinski definition) is 3. The maximum absolute atomic E-state index is 13.9. The van der Waals surface area contributed by atoms with E-state index in [0.29, 0.717) is 22.3 Å². The molecule has 7 heteroatoms. The molecule has 0 saturated heterocycles. The van der Waals surface area contributed by atoms with Crippen LogP contribution in [0.3, 0.4) is 0 Å². The van der Waals surface area contributed by atoms with Crippen LogP contribution in [0, 0.1) is 5.82 Å². The average Bonchev–Trinajstić information content (AvgIpc) is 2.83. The Bertz CT molecular complexity index is 902. The van der Waals surface area contributed by atoms with Crippen molar-refractivity contribution in [2.45, 2.75) is 23.8 Å². The summed E-state index contributed by atoms with van der Waals surface area (Å²) < 4.78 is 63.8. The van der Waals surface area contributed by atoms with Crippen LogP contribution in [-0.2, 0) is 9.84 Å². The van der Waals surface area contributed by atoms with Crippen LogP contribution in [0.25, 0.3) is 11.1 Å². The van der Waals surface area contributed by atoms with Gasteiger partial charge in [-0.2, -0.15) is 0 Å². The second-order valence-electron chi connectivity index (χ2n) is 5.83. The Balaban J connectivity index is 2.07. The molecule has 2 aromatic rings. The second-order valence-corrected chi connectivity index (χ2v) is 7.79. The van der Waals surface area contributed by atoms with Crippen LogP contribution >= 0.6 is 0 Å². The van der Waals surface area contributed by atoms with Gasteiger partial charge in [-0.3, -0.25) is 0 Å². The Morgan fingerprint density at radius 1 is 0.958 bits per heavy atom. The number of alkyl halides is 2. The zero-order valence-electron chi connectivity index (χ0n) is 12.8. The summed E-state index contributed by atoms with van der Waals surface area (Å²) in [6.07, 6.45) is 1.42. The summed E-state index contributed by atoms with van der Waals surface area (Å²) in [7, 11) is -3.45. The van der Waals surface area contributed by atoms with E-state index in [1.54, 1.807) is 0 Å². The second kappa shape index (κ2) is 5.73. The van der Waals surface area contributed by atoms with Crippen LogP contribution in [0.15, 0.2) is 47.6 Å². The quantitative estimate of drug-likeness (QED) is 0.839. The van der Waals surface area contributed by atoms with E-state index in [4.69, 9.17) is 0 Å². The van der Waals surface area contributed by atoms with E-state index in [2.05, 4.69) is 4.98 Å². The third-order valence-corrected chi connectivity index (χ3v) is 4.89. The Morgan fingerprint density at radius 3 is 2.00 bits per heavy atom. The third-order valence-electron chi connectivity index (χ3n) is 3.89. The van der Waals surface area contributed by atoms with Crippen LogP contribution < -0.4 is 0 Å². The van der Waals surface area contributed by atoms with Crippen molar-refractivity contribution in [2.24, 2.45) is 0 Å². The molecule has 1 heterocycles. The zero-order valence-corrected chi connectivity index (χ0v) is 13.6. The van der Waals surface area contributed by atoms with Gasteiger partial charge in [0, 0.05) is 25.3 Å². The minimum absolute atomic E-state index is 0.111. The van der Waals surface area contributed by atoms with Gasteiger partial charge in [0.25, 0.3) is 5.92 Å². The fourth-order valence-corrected chi connectivity index (χ4v) is 3.33. The molecule has 0 atom stereocenters. The molecule has 0 N–H and O–H groups in total. The van der Waals surface area contributed by atoms with Crippen molar-refractivity contribution < 1.29 is 21.6 Å². The number of hydrogen-bond donors (Lipinski definition) is 0. The predicted molar refractivity (Wildman–Crippen MR) is 84.7 cm³/mol. The van der Waals surface area contributed by atoms with E-state index in [1.807, 2.05) is 0 Å². The molecule has 0 spiro atoms. The highest BCUT2D eigenvalue weighted by atomic mass is 32.2. The first-order valence-electron chi connectivity index (χ1n) is 7.18. The van der Waals surface area contributed by atoms with Crippen molar-refractivity contribution in [3.63, 3.8) is 0 Å². The van der Waals surface area contributed by atoms with E-state index in [0.717, 1.165) is 6.26 Å². The summed E-state index contributed by atoms with van der Waals surface area (Å²) in [6, 6.07) is 8.15. The van der Waals surface area contributed by atoms with Crippen molar-refractivity contribution in [2.75, 3.05) is 6.26 Å². The summed E-state index contributed by atoms with van der Waals surface area (Å²) in [6.45, 7) is 0. The highest BCUT2D eigenvalue weighted by molar-refractivity contribution is 7.90. The number of rotatable bonds is 3. The minimum atomic E-state index is -3.45. The smallest absolute Gasteiger partial charge is 0.244 e. The van der Waals surface area contributed by atoms with Crippen molar-refractivity contribution in [1.29, 1.82) is 0 Å². The molecule has 0 amide bonds. The normalized spacial score (nSPS) is 17.3. The molecule has 0 fully saturated rings. The lowest BCUT2D eigenvalue weighted by Gasteiger charge is -2.08. The summed E-state index contributed by atoms with van der Waals surface area (Å²) in [5.41, 5.74) is 1.79. The van der Waals surface area contributed by atoms with Gasteiger partial charge in [-0.1, -0.05) is 18.2 Å². The molecule has 0 aliphatic heterocycles. The maximum atomic E-state index is 13.9. The lowest BCUT2D eigenvalue weighted by molar-refractivity contribution is 0.0187. The van der Waals surface area contributed by atoms with Crippen LogP contribution in [-0.4, -0.2) is 25.6 Å². The Hall–Kier alpha value is -2.15. The van der Waals surface area contributed by atoms with Gasteiger partial charge >= 0.3 is 0 Å². The molecule has 3 nitrogen and oxygen atoms in total. The third kappa shape index (κ3) is 3.36. The first kappa shape index (κ1) is 16.7. The van der Waals surface area contributed by atoms with Gasteiger partial charge in [-0.05, 0) is 40.5 Å². The predicted octanol–water partition coefficient (Wildman–Crippen LogP) is 3.96. The van der Waals surface area contributed by atoms with Gasteiger partial charge in [0.1, 0.15) is 5.82 Å². The zero-order chi connectivity index (χ0) is 17.5. The van der Waals surface area contributed by atoms with Crippen molar-refractivity contribution in [3.05, 3.63) is 59.5 Å². The lowest BCUT2D eigenvalue weighted by Crippen LogP contribution is -2.10. The highest BCUT2D eigenvalue weighted by Crippen LogP contribution is 2.47. The van der Waals surface area contributed by atoms with Gasteiger partial charge in [0.05, 0.1) is 0 Å². The van der Waals surface area contributed by atoms with Crippen molar-refractivity contribution >= 4 is 21.0 Å². The lowest BCUT2D eigenvalue weighted by atomic mass is 9.98. The number of benzene rings is 1. The number of allylic oxidation sites excluding steroid dienone is 2. The number of pyridine rings is 1. The van der Waals surface area contributed by atoms with E-state index >= 15 is 0 Å². The van der Waals surface area contributed by atoms with Crippen LogP contribution in [0.1, 0.15) is 24.0 Å². The molecular weight excluding hydrogens is 339 g/mol. The van der Waals surface area contributed by atoms with E-state index < -0.39 is 34.4 Å². The van der Waals surface area contributed by atoms with Crippen LogP contribution in [0.2, 0.25) is 0 Å². The molecule has 126 valence electrons. The standard InChI is InChI=1S/C17H14F3NO2S/c1-24(22,23)16-7-4-12(10-21-16)15-9-17(19,20)8-14(15)11-2-5-13(18)6-3-11/h2-7,10H,8-9H2,1H3. The van der Waals surface area contributed by atoms with E-state index in [1.165, 1.54) is 42.6 Å². The Kier molecular flexibility index (Phi) is 3.99. The highest BCUT2D eigenvalue weighted by Gasteiger charge is 2.40. The SMILES string of the molecule is CS(=O)(=O)c1ccc(C2=C(c3ccc(F)cc3)CC(F)(F)C2)cn1. The van der Waals surface area contributed by atoms with Crippen molar-refractivity contribution in [3.8, 4) is 0 Å². The fraction of sp³-hybridized carbons (Fsp3) is 0.235. The largest absolute Gasteiger partial charge is 0.256 e. The molecule has 24 heavy (non-hydrogen) atoms. The number of aromatic nitrogens is 1. The average molecular weight is 353 g/mol. The maximum Gasteiger partial charge on any atom is 0.256 e. The molecule has 0 bridgehead atoms. The first-order valence-corrected chi connectivity index (χ1v) is 9.07. The number of sulfone groups is 1. The summed E-state index contributed by atoms with van der Waals surface area (Å²) >= 11 is 0.